The molecule has 8 nitrogen and oxygen atoms in total. The number of piperidine rings is 1. The average molecular weight is 502 g/mol. The second kappa shape index (κ2) is 10.6. The number of rotatable bonds is 8. The van der Waals surface area contributed by atoms with E-state index in [-0.39, 0.29) is 34.7 Å². The van der Waals surface area contributed by atoms with E-state index in [2.05, 4.69) is 48.3 Å². The molecule has 1 aliphatic rings. The maximum absolute atomic E-state index is 13.6. The Bertz CT molecular complexity index is 1070. The predicted molar refractivity (Wildman–Crippen MR) is 141 cm³/mol. The number of carbonyl (C=O) groups excluding carboxylic acids is 2. The fraction of sp³-hybridized carbons (Fsp3) is 0.615. The van der Waals surface area contributed by atoms with Crippen LogP contribution in [-0.4, -0.2) is 62.1 Å². The van der Waals surface area contributed by atoms with E-state index >= 15 is 0 Å². The smallest absolute Gasteiger partial charge is 0.280 e. The minimum atomic E-state index is -1.05. The second-order valence-electron chi connectivity index (χ2n) is 10.8. The zero-order chi connectivity index (χ0) is 26.0. The van der Waals surface area contributed by atoms with Gasteiger partial charge in [-0.05, 0) is 78.9 Å². The first-order valence-electron chi connectivity index (χ1n) is 12.4. The van der Waals surface area contributed by atoms with Gasteiger partial charge < -0.3 is 20.6 Å². The molecule has 2 aromatic rings. The lowest BCUT2D eigenvalue weighted by Crippen LogP contribution is -2.42. The Morgan fingerprint density at radius 2 is 1.97 bits per heavy atom. The number of aryl methyl sites for hydroxylation is 1. The number of aliphatic hydroxyl groups is 1. The lowest BCUT2D eigenvalue weighted by atomic mass is 10.0. The summed E-state index contributed by atoms with van der Waals surface area (Å²) in [5, 5.41) is 16.4. The van der Waals surface area contributed by atoms with Crippen LogP contribution < -0.4 is 10.6 Å². The fourth-order valence-electron chi connectivity index (χ4n) is 3.95. The number of nitrogens with one attached hydrogen (secondary N) is 2. The SMILES string of the molecule is CCC(C)(C)Nc1cc(C)c(-c2sc(C(=O)NCC(C)(C)O)nc2C(=O)N2CCCC[C@@H]2C)cn1. The number of pyridine rings is 1. The topological polar surface area (TPSA) is 107 Å². The van der Waals surface area contributed by atoms with Gasteiger partial charge >= 0.3 is 0 Å². The summed E-state index contributed by atoms with van der Waals surface area (Å²) < 4.78 is 0. The number of thiazole rings is 1. The minimum Gasteiger partial charge on any atom is -0.389 e. The summed E-state index contributed by atoms with van der Waals surface area (Å²) in [6.07, 6.45) is 5.72. The van der Waals surface area contributed by atoms with Gasteiger partial charge in [-0.25, -0.2) is 9.97 Å². The average Bonchev–Trinajstić information content (AvgIpc) is 3.22. The molecule has 192 valence electrons. The van der Waals surface area contributed by atoms with Crippen LogP contribution in [-0.2, 0) is 0 Å². The van der Waals surface area contributed by atoms with E-state index in [1.165, 1.54) is 11.3 Å². The number of hydrogen-bond acceptors (Lipinski definition) is 7. The fourth-order valence-corrected chi connectivity index (χ4v) is 5.00. The molecular formula is C26H39N5O3S. The summed E-state index contributed by atoms with van der Waals surface area (Å²) >= 11 is 1.19. The summed E-state index contributed by atoms with van der Waals surface area (Å²) in [4.78, 5) is 38.1. The Morgan fingerprint density at radius 1 is 1.26 bits per heavy atom. The lowest BCUT2D eigenvalue weighted by molar-refractivity contribution is 0.0630. The molecule has 0 bridgehead atoms. The minimum absolute atomic E-state index is 0.0847. The van der Waals surface area contributed by atoms with Crippen molar-refractivity contribution in [2.24, 2.45) is 0 Å². The number of nitrogens with zero attached hydrogens (tertiary/aromatic N) is 3. The summed E-state index contributed by atoms with van der Waals surface area (Å²) in [6.45, 7) is 14.4. The Balaban J connectivity index is 2.00. The van der Waals surface area contributed by atoms with Crippen LogP contribution in [0, 0.1) is 6.92 Å². The number of carbonyl (C=O) groups is 2. The molecule has 2 amide bonds. The van der Waals surface area contributed by atoms with Crippen LogP contribution in [0.15, 0.2) is 12.3 Å². The van der Waals surface area contributed by atoms with Crippen LogP contribution in [0.5, 0.6) is 0 Å². The van der Waals surface area contributed by atoms with Gasteiger partial charge in [-0.15, -0.1) is 11.3 Å². The maximum Gasteiger partial charge on any atom is 0.280 e. The summed E-state index contributed by atoms with van der Waals surface area (Å²) in [5.41, 5.74) is 0.881. The molecule has 0 aromatic carbocycles. The van der Waals surface area contributed by atoms with Crippen molar-refractivity contribution in [3.63, 3.8) is 0 Å². The molecule has 0 spiro atoms. The summed E-state index contributed by atoms with van der Waals surface area (Å²) in [5.74, 6) is 0.208. The standard InChI is InChI=1S/C26H39N5O3S/c1-8-25(4,5)30-19-13-16(2)18(14-27-19)21-20(24(33)31-12-10-9-11-17(31)3)29-23(35-21)22(32)28-15-26(6,7)34/h13-14,17,34H,8-12,15H2,1-7H3,(H,27,30)(H,28,32)/t17-/m0/s1. The number of aromatic nitrogens is 2. The Hall–Kier alpha value is -2.52. The van der Waals surface area contributed by atoms with Crippen molar-refractivity contribution in [3.8, 4) is 10.4 Å². The number of likely N-dealkylation sites (tertiary alicyclic amines) is 1. The van der Waals surface area contributed by atoms with Crippen LogP contribution in [0.25, 0.3) is 10.4 Å². The predicted octanol–water partition coefficient (Wildman–Crippen LogP) is 4.63. The van der Waals surface area contributed by atoms with E-state index < -0.39 is 11.5 Å². The van der Waals surface area contributed by atoms with Crippen molar-refractivity contribution in [1.82, 2.24) is 20.2 Å². The van der Waals surface area contributed by atoms with E-state index in [9.17, 15) is 14.7 Å². The van der Waals surface area contributed by atoms with Crippen molar-refractivity contribution in [2.75, 3.05) is 18.4 Å². The number of amides is 2. The molecule has 1 saturated heterocycles. The van der Waals surface area contributed by atoms with Gasteiger partial charge in [-0.3, -0.25) is 9.59 Å². The van der Waals surface area contributed by atoms with Crippen LogP contribution in [0.2, 0.25) is 0 Å². The largest absolute Gasteiger partial charge is 0.389 e. The lowest BCUT2D eigenvalue weighted by Gasteiger charge is -2.33. The van der Waals surface area contributed by atoms with Crippen molar-refractivity contribution >= 4 is 29.0 Å². The van der Waals surface area contributed by atoms with Crippen LogP contribution >= 0.6 is 11.3 Å². The highest BCUT2D eigenvalue weighted by Crippen LogP contribution is 2.35. The molecule has 0 aliphatic carbocycles. The van der Waals surface area contributed by atoms with E-state index in [0.29, 0.717) is 11.4 Å². The molecule has 3 rings (SSSR count). The van der Waals surface area contributed by atoms with Gasteiger partial charge in [0.1, 0.15) is 11.5 Å². The first kappa shape index (κ1) is 27.1. The Morgan fingerprint density at radius 3 is 2.57 bits per heavy atom. The molecule has 1 atom stereocenters. The molecule has 9 heteroatoms. The molecule has 1 fully saturated rings. The zero-order valence-corrected chi connectivity index (χ0v) is 22.8. The van der Waals surface area contributed by atoms with Gasteiger partial charge in [-0.2, -0.15) is 0 Å². The van der Waals surface area contributed by atoms with Gasteiger partial charge in [-0.1, -0.05) is 6.92 Å². The van der Waals surface area contributed by atoms with Gasteiger partial charge in [0.25, 0.3) is 11.8 Å². The molecule has 0 radical (unpaired) electrons. The van der Waals surface area contributed by atoms with Crippen molar-refractivity contribution in [1.29, 1.82) is 0 Å². The molecule has 0 unspecified atom stereocenters. The highest BCUT2D eigenvalue weighted by molar-refractivity contribution is 7.17. The summed E-state index contributed by atoms with van der Waals surface area (Å²) in [7, 11) is 0. The van der Waals surface area contributed by atoms with E-state index in [1.807, 2.05) is 17.9 Å². The highest BCUT2D eigenvalue weighted by Gasteiger charge is 2.31. The van der Waals surface area contributed by atoms with Crippen LogP contribution in [0.4, 0.5) is 5.82 Å². The Kier molecular flexibility index (Phi) is 8.21. The third kappa shape index (κ3) is 6.79. The highest BCUT2D eigenvalue weighted by atomic mass is 32.1. The molecule has 1 aliphatic heterocycles. The van der Waals surface area contributed by atoms with Crippen LogP contribution in [0.1, 0.15) is 93.1 Å². The quantitative estimate of drug-likeness (QED) is 0.487. The van der Waals surface area contributed by atoms with Gasteiger partial charge in [0.05, 0.1) is 10.5 Å². The third-order valence-corrected chi connectivity index (χ3v) is 7.56. The number of hydrogen-bond donors (Lipinski definition) is 3. The zero-order valence-electron chi connectivity index (χ0n) is 22.0. The molecule has 2 aromatic heterocycles. The third-order valence-electron chi connectivity index (χ3n) is 6.48. The molecular weight excluding hydrogens is 462 g/mol. The van der Waals surface area contributed by atoms with Gasteiger partial charge in [0.2, 0.25) is 0 Å². The first-order valence-corrected chi connectivity index (χ1v) is 13.2. The normalized spacial score (nSPS) is 16.8. The summed E-state index contributed by atoms with van der Waals surface area (Å²) in [6, 6.07) is 2.10. The molecule has 35 heavy (non-hydrogen) atoms. The second-order valence-corrected chi connectivity index (χ2v) is 11.8. The number of anilines is 1. The van der Waals surface area contributed by atoms with E-state index in [0.717, 1.165) is 42.6 Å². The van der Waals surface area contributed by atoms with Gasteiger partial charge in [0, 0.05) is 36.4 Å². The molecule has 3 heterocycles. The first-order chi connectivity index (χ1) is 16.3. The molecule has 0 saturated carbocycles. The van der Waals surface area contributed by atoms with Crippen molar-refractivity contribution in [3.05, 3.63) is 28.5 Å². The monoisotopic (exact) mass is 501 g/mol. The van der Waals surface area contributed by atoms with Crippen molar-refractivity contribution in [2.45, 2.75) is 91.3 Å². The van der Waals surface area contributed by atoms with Crippen LogP contribution in [0.3, 0.4) is 0 Å². The van der Waals surface area contributed by atoms with Crippen molar-refractivity contribution < 1.29 is 14.7 Å². The van der Waals surface area contributed by atoms with E-state index in [4.69, 9.17) is 0 Å². The Labute approximate surface area is 212 Å². The molecule has 3 N–H and O–H groups in total. The van der Waals surface area contributed by atoms with E-state index in [1.54, 1.807) is 20.0 Å². The van der Waals surface area contributed by atoms with Gasteiger partial charge in [0.15, 0.2) is 5.01 Å². The maximum atomic E-state index is 13.6.